The van der Waals surface area contributed by atoms with Crippen molar-refractivity contribution >= 4 is 17.7 Å². The number of rotatable bonds is 5. The molecular weight excluding hydrogens is 392 g/mol. The van der Waals surface area contributed by atoms with Crippen LogP contribution in [0.3, 0.4) is 0 Å². The van der Waals surface area contributed by atoms with E-state index in [4.69, 9.17) is 14.2 Å². The minimum atomic E-state index is -0.668. The van der Waals surface area contributed by atoms with E-state index in [1.165, 1.54) is 16.8 Å². The zero-order chi connectivity index (χ0) is 22.4. The van der Waals surface area contributed by atoms with Gasteiger partial charge < -0.3 is 24.4 Å². The lowest BCUT2D eigenvalue weighted by molar-refractivity contribution is -0.124. The number of amides is 1. The first kappa shape index (κ1) is 21.1. The summed E-state index contributed by atoms with van der Waals surface area (Å²) in [6.07, 6.45) is 4.59. The largest absolute Gasteiger partial charge is 0.493 e. The second-order valence-corrected chi connectivity index (χ2v) is 8.65. The molecule has 0 spiro atoms. The van der Waals surface area contributed by atoms with Crippen molar-refractivity contribution < 1.29 is 19.0 Å². The van der Waals surface area contributed by atoms with E-state index in [1.54, 1.807) is 21.3 Å². The number of hydrogen-bond acceptors (Lipinski definition) is 5. The quantitative estimate of drug-likeness (QED) is 0.788. The van der Waals surface area contributed by atoms with Gasteiger partial charge in [-0.1, -0.05) is 37.6 Å². The van der Waals surface area contributed by atoms with Crippen LogP contribution in [0.4, 0.5) is 5.69 Å². The predicted octanol–water partition coefficient (Wildman–Crippen LogP) is 4.05. The molecule has 2 aromatic rings. The van der Waals surface area contributed by atoms with Crippen molar-refractivity contribution in [2.45, 2.75) is 38.3 Å². The summed E-state index contributed by atoms with van der Waals surface area (Å²) in [5, 5.41) is 3.31. The minimum absolute atomic E-state index is 0.0587. The highest BCUT2D eigenvalue weighted by Crippen LogP contribution is 2.52. The van der Waals surface area contributed by atoms with Crippen LogP contribution in [0.25, 0.3) is 6.08 Å². The Morgan fingerprint density at radius 3 is 2.32 bits per heavy atom. The van der Waals surface area contributed by atoms with Crippen molar-refractivity contribution in [3.8, 4) is 17.2 Å². The third-order valence-corrected chi connectivity index (χ3v) is 6.59. The molecule has 1 saturated heterocycles. The third-order valence-electron chi connectivity index (χ3n) is 6.59. The molecule has 1 N–H and O–H groups in total. The van der Waals surface area contributed by atoms with Gasteiger partial charge in [-0.05, 0) is 42.3 Å². The molecule has 0 unspecified atom stereocenters. The van der Waals surface area contributed by atoms with E-state index in [0.29, 0.717) is 30.2 Å². The molecule has 2 aliphatic heterocycles. The lowest BCUT2D eigenvalue weighted by Crippen LogP contribution is -2.68. The highest BCUT2D eigenvalue weighted by Gasteiger charge is 2.57. The maximum absolute atomic E-state index is 12.6. The molecule has 2 aromatic carbocycles. The van der Waals surface area contributed by atoms with Gasteiger partial charge in [-0.3, -0.25) is 4.79 Å². The van der Waals surface area contributed by atoms with Crippen LogP contribution in [-0.4, -0.2) is 39.4 Å². The highest BCUT2D eigenvalue weighted by molar-refractivity contribution is 5.85. The van der Waals surface area contributed by atoms with E-state index in [9.17, 15) is 4.79 Å². The van der Waals surface area contributed by atoms with Crippen molar-refractivity contribution in [3.63, 3.8) is 0 Å². The fourth-order valence-corrected chi connectivity index (χ4v) is 4.88. The number of benzene rings is 2. The first-order chi connectivity index (χ1) is 14.8. The van der Waals surface area contributed by atoms with Gasteiger partial charge in [0.1, 0.15) is 5.66 Å². The normalized spacial score (nSPS) is 21.5. The standard InChI is InChI=1S/C25H30N2O4/c1-16-7-8-19-18(13-16)24(2,3)25(26-22(28)10-12-27(19)25)11-9-17-14-20(29-4)23(31-6)21(15-17)30-5/h7-9,11,13-15H,10,12H2,1-6H3,(H,26,28)/b11-9+/t25-/m0/s1. The zero-order valence-corrected chi connectivity index (χ0v) is 19.0. The van der Waals surface area contributed by atoms with Crippen LogP contribution in [-0.2, 0) is 10.2 Å². The second-order valence-electron chi connectivity index (χ2n) is 8.65. The van der Waals surface area contributed by atoms with E-state index in [-0.39, 0.29) is 11.3 Å². The van der Waals surface area contributed by atoms with Crippen LogP contribution in [0, 0.1) is 6.92 Å². The third kappa shape index (κ3) is 3.12. The van der Waals surface area contributed by atoms with Gasteiger partial charge in [-0.2, -0.15) is 0 Å². The van der Waals surface area contributed by atoms with Crippen LogP contribution < -0.4 is 24.4 Å². The molecule has 0 saturated carbocycles. The molecule has 1 fully saturated rings. The Kier molecular flexibility index (Phi) is 5.12. The number of carbonyl (C=O) groups is 1. The molecule has 31 heavy (non-hydrogen) atoms. The topological polar surface area (TPSA) is 60.0 Å². The van der Waals surface area contributed by atoms with Crippen LogP contribution in [0.2, 0.25) is 0 Å². The Morgan fingerprint density at radius 2 is 1.71 bits per heavy atom. The van der Waals surface area contributed by atoms with Crippen LogP contribution >= 0.6 is 0 Å². The summed E-state index contributed by atoms with van der Waals surface area (Å²) >= 11 is 0. The van der Waals surface area contributed by atoms with Gasteiger partial charge in [0.25, 0.3) is 0 Å². The summed E-state index contributed by atoms with van der Waals surface area (Å²) in [6, 6.07) is 10.3. The van der Waals surface area contributed by atoms with E-state index in [0.717, 1.165) is 5.56 Å². The first-order valence-electron chi connectivity index (χ1n) is 10.5. The van der Waals surface area contributed by atoms with E-state index >= 15 is 0 Å². The van der Waals surface area contributed by atoms with Gasteiger partial charge in [0.2, 0.25) is 11.7 Å². The van der Waals surface area contributed by atoms with Gasteiger partial charge in [-0.25, -0.2) is 0 Å². The maximum Gasteiger partial charge on any atom is 0.223 e. The van der Waals surface area contributed by atoms with Gasteiger partial charge in [0.05, 0.1) is 21.3 Å². The van der Waals surface area contributed by atoms with Crippen molar-refractivity contribution in [2.75, 3.05) is 32.8 Å². The Hall–Kier alpha value is -3.15. The van der Waals surface area contributed by atoms with Crippen LogP contribution in [0.1, 0.15) is 37.0 Å². The summed E-state index contributed by atoms with van der Waals surface area (Å²) in [5.41, 5.74) is 3.52. The fourth-order valence-electron chi connectivity index (χ4n) is 4.88. The Morgan fingerprint density at radius 1 is 1.03 bits per heavy atom. The molecule has 6 nitrogen and oxygen atoms in total. The molecule has 164 valence electrons. The molecule has 0 radical (unpaired) electrons. The highest BCUT2D eigenvalue weighted by atomic mass is 16.5. The number of aryl methyl sites for hydroxylation is 1. The van der Waals surface area contributed by atoms with E-state index < -0.39 is 5.66 Å². The zero-order valence-electron chi connectivity index (χ0n) is 19.0. The van der Waals surface area contributed by atoms with E-state index in [1.807, 2.05) is 18.2 Å². The van der Waals surface area contributed by atoms with Crippen LogP contribution in [0.15, 0.2) is 36.4 Å². The summed E-state index contributed by atoms with van der Waals surface area (Å²) in [6.45, 7) is 7.16. The second kappa shape index (κ2) is 7.52. The summed E-state index contributed by atoms with van der Waals surface area (Å²) in [5.74, 6) is 1.79. The molecule has 0 bridgehead atoms. The predicted molar refractivity (Wildman–Crippen MR) is 122 cm³/mol. The molecule has 0 aliphatic carbocycles. The average molecular weight is 423 g/mol. The number of fused-ring (bicyclic) bond motifs is 3. The molecule has 1 amide bonds. The van der Waals surface area contributed by atoms with Gasteiger partial charge >= 0.3 is 0 Å². The van der Waals surface area contributed by atoms with E-state index in [2.05, 4.69) is 55.3 Å². The van der Waals surface area contributed by atoms with Gasteiger partial charge in [-0.15, -0.1) is 0 Å². The van der Waals surface area contributed by atoms with Gasteiger partial charge in [0, 0.05) is 24.1 Å². The number of hydrogen-bond donors (Lipinski definition) is 1. The van der Waals surface area contributed by atoms with Crippen molar-refractivity contribution in [2.24, 2.45) is 0 Å². The monoisotopic (exact) mass is 422 g/mol. The van der Waals surface area contributed by atoms with Crippen molar-refractivity contribution in [1.29, 1.82) is 0 Å². The minimum Gasteiger partial charge on any atom is -0.493 e. The number of nitrogens with zero attached hydrogens (tertiary/aromatic N) is 1. The number of nitrogens with one attached hydrogen (secondary N) is 1. The number of anilines is 1. The van der Waals surface area contributed by atoms with Crippen molar-refractivity contribution in [1.82, 2.24) is 5.32 Å². The average Bonchev–Trinajstić information content (AvgIpc) is 2.94. The van der Waals surface area contributed by atoms with Crippen molar-refractivity contribution in [3.05, 3.63) is 53.1 Å². The Labute approximate surface area is 183 Å². The number of methoxy groups -OCH3 is 3. The smallest absolute Gasteiger partial charge is 0.223 e. The molecule has 0 aromatic heterocycles. The lowest BCUT2D eigenvalue weighted by atomic mass is 9.74. The maximum atomic E-state index is 12.6. The summed E-state index contributed by atoms with van der Waals surface area (Å²) < 4.78 is 16.4. The van der Waals surface area contributed by atoms with Crippen LogP contribution in [0.5, 0.6) is 17.2 Å². The molecular formula is C25H30N2O4. The number of carbonyl (C=O) groups excluding carboxylic acids is 1. The lowest BCUT2D eigenvalue weighted by Gasteiger charge is -2.49. The number of ether oxygens (including phenoxy) is 3. The SMILES string of the molecule is COc1cc(/C=C/[C@]23NC(=O)CCN2c2ccc(C)cc2C3(C)C)cc(OC)c1OC. The molecule has 2 heterocycles. The Balaban J connectivity index is 1.84. The molecule has 4 rings (SSSR count). The fraction of sp³-hybridized carbons (Fsp3) is 0.400. The molecule has 2 aliphatic rings. The first-order valence-corrected chi connectivity index (χ1v) is 10.5. The summed E-state index contributed by atoms with van der Waals surface area (Å²) in [4.78, 5) is 14.9. The summed E-state index contributed by atoms with van der Waals surface area (Å²) in [7, 11) is 4.79. The van der Waals surface area contributed by atoms with Gasteiger partial charge in [0.15, 0.2) is 11.5 Å². The molecule has 6 heteroatoms. The Bertz CT molecular complexity index is 1030. The molecule has 1 atom stereocenters.